The normalized spacial score (nSPS) is 11.7. The maximum Gasteiger partial charge on any atom is 0.143 e. The summed E-state index contributed by atoms with van der Waals surface area (Å²) in [5.41, 5.74) is 9.08. The van der Waals surface area contributed by atoms with E-state index >= 15 is 0 Å². The molecule has 0 atom stereocenters. The second kappa shape index (κ2) is 9.44. The minimum atomic E-state index is 0.910. The summed E-state index contributed by atoms with van der Waals surface area (Å²) in [7, 11) is 0. The van der Waals surface area contributed by atoms with Gasteiger partial charge in [0.1, 0.15) is 11.2 Å². The molecule has 0 aliphatic heterocycles. The van der Waals surface area contributed by atoms with Gasteiger partial charge in [0.05, 0.1) is 0 Å². The lowest BCUT2D eigenvalue weighted by Crippen LogP contribution is -1.92. The van der Waals surface area contributed by atoms with Crippen LogP contribution in [-0.4, -0.2) is 0 Å². The Labute approximate surface area is 249 Å². The van der Waals surface area contributed by atoms with Crippen LogP contribution < -0.4 is 0 Å². The van der Waals surface area contributed by atoms with Crippen LogP contribution in [0, 0.1) is 0 Å². The number of hydrogen-bond donors (Lipinski definition) is 0. The molecule has 0 radical (unpaired) electrons. The van der Waals surface area contributed by atoms with Crippen molar-refractivity contribution >= 4 is 54.3 Å². The summed E-state index contributed by atoms with van der Waals surface area (Å²) in [6.07, 6.45) is 0. The van der Waals surface area contributed by atoms with Gasteiger partial charge >= 0.3 is 0 Å². The molecule has 0 aliphatic rings. The van der Waals surface area contributed by atoms with Gasteiger partial charge in [-0.05, 0) is 78.3 Å². The molecule has 0 bridgehead atoms. The molecule has 0 aliphatic carbocycles. The predicted octanol–water partition coefficient (Wildman–Crippen LogP) is 12.0. The maximum absolute atomic E-state index is 6.52. The summed E-state index contributed by atoms with van der Waals surface area (Å²) in [6.45, 7) is 0. The zero-order valence-electron chi connectivity index (χ0n) is 23.4. The van der Waals surface area contributed by atoms with Gasteiger partial charge in [0.25, 0.3) is 0 Å². The molecule has 0 fully saturated rings. The van der Waals surface area contributed by atoms with E-state index in [4.69, 9.17) is 4.42 Å². The van der Waals surface area contributed by atoms with Gasteiger partial charge in [-0.3, -0.25) is 0 Å². The second-order valence-corrected chi connectivity index (χ2v) is 11.2. The van der Waals surface area contributed by atoms with E-state index in [1.807, 2.05) is 6.07 Å². The zero-order valence-corrected chi connectivity index (χ0v) is 23.4. The van der Waals surface area contributed by atoms with Crippen LogP contribution in [0.1, 0.15) is 0 Å². The van der Waals surface area contributed by atoms with Crippen molar-refractivity contribution in [3.63, 3.8) is 0 Å². The second-order valence-electron chi connectivity index (χ2n) is 11.2. The maximum atomic E-state index is 6.52. The molecule has 0 unspecified atom stereocenters. The molecule has 0 saturated heterocycles. The molecule has 8 aromatic carbocycles. The predicted molar refractivity (Wildman–Crippen MR) is 183 cm³/mol. The smallest absolute Gasteiger partial charge is 0.143 e. The molecule has 9 rings (SSSR count). The summed E-state index contributed by atoms with van der Waals surface area (Å²) >= 11 is 0. The minimum absolute atomic E-state index is 0.910. The molecule has 1 nitrogen and oxygen atoms in total. The fraction of sp³-hybridized carbons (Fsp3) is 0. The lowest BCUT2D eigenvalue weighted by molar-refractivity contribution is 0.670. The Bertz CT molecular complexity index is 2440. The van der Waals surface area contributed by atoms with Crippen molar-refractivity contribution < 1.29 is 4.42 Å². The fourth-order valence-corrected chi connectivity index (χ4v) is 6.98. The molecular formula is C42H26O. The van der Waals surface area contributed by atoms with Crippen molar-refractivity contribution in [1.29, 1.82) is 0 Å². The van der Waals surface area contributed by atoms with Crippen molar-refractivity contribution in [1.82, 2.24) is 0 Å². The summed E-state index contributed by atoms with van der Waals surface area (Å²) < 4.78 is 6.52. The Morgan fingerprint density at radius 2 is 0.884 bits per heavy atom. The van der Waals surface area contributed by atoms with Gasteiger partial charge in [0.2, 0.25) is 0 Å². The van der Waals surface area contributed by atoms with Crippen molar-refractivity contribution in [2.75, 3.05) is 0 Å². The number of furan rings is 1. The van der Waals surface area contributed by atoms with E-state index in [1.54, 1.807) is 0 Å². The van der Waals surface area contributed by atoms with Gasteiger partial charge in [-0.2, -0.15) is 0 Å². The molecule has 1 heterocycles. The molecule has 0 N–H and O–H groups in total. The third-order valence-corrected chi connectivity index (χ3v) is 8.84. The zero-order chi connectivity index (χ0) is 28.3. The van der Waals surface area contributed by atoms with Crippen LogP contribution in [0.2, 0.25) is 0 Å². The monoisotopic (exact) mass is 546 g/mol. The highest BCUT2D eigenvalue weighted by Crippen LogP contribution is 2.47. The Morgan fingerprint density at radius 3 is 1.60 bits per heavy atom. The Kier molecular flexibility index (Phi) is 5.27. The molecule has 43 heavy (non-hydrogen) atoms. The average Bonchev–Trinajstić information content (AvgIpc) is 3.45. The first-order valence-electron chi connectivity index (χ1n) is 14.8. The van der Waals surface area contributed by atoms with Gasteiger partial charge in [-0.25, -0.2) is 0 Å². The SMILES string of the molecule is c1ccc(-c2cc(-c3c4ccccc4c(-c4cccc5ccccc45)c4ccccc34)cc3c2oc2ccccc23)cc1. The third kappa shape index (κ3) is 3.65. The molecule has 0 saturated carbocycles. The summed E-state index contributed by atoms with van der Waals surface area (Å²) in [4.78, 5) is 0. The number of hydrogen-bond acceptors (Lipinski definition) is 1. The first-order valence-corrected chi connectivity index (χ1v) is 14.8. The largest absolute Gasteiger partial charge is 0.455 e. The van der Waals surface area contributed by atoms with Crippen molar-refractivity contribution in [3.8, 4) is 33.4 Å². The average molecular weight is 547 g/mol. The first-order chi connectivity index (χ1) is 21.3. The van der Waals surface area contributed by atoms with Gasteiger partial charge in [-0.1, -0.05) is 140 Å². The van der Waals surface area contributed by atoms with E-state index in [-0.39, 0.29) is 0 Å². The van der Waals surface area contributed by atoms with Crippen molar-refractivity contribution in [2.24, 2.45) is 0 Å². The van der Waals surface area contributed by atoms with E-state index in [1.165, 1.54) is 54.6 Å². The van der Waals surface area contributed by atoms with Crippen LogP contribution in [0.25, 0.3) is 87.6 Å². The van der Waals surface area contributed by atoms with Crippen molar-refractivity contribution in [2.45, 2.75) is 0 Å². The van der Waals surface area contributed by atoms with E-state index < -0.39 is 0 Å². The van der Waals surface area contributed by atoms with E-state index in [2.05, 4.69) is 152 Å². The highest BCUT2D eigenvalue weighted by molar-refractivity contribution is 6.24. The van der Waals surface area contributed by atoms with E-state index in [0.29, 0.717) is 0 Å². The quantitative estimate of drug-likeness (QED) is 0.201. The summed E-state index contributed by atoms with van der Waals surface area (Å²) in [6, 6.07) is 56.8. The molecule has 9 aromatic rings. The number of para-hydroxylation sites is 1. The molecule has 1 heteroatoms. The van der Waals surface area contributed by atoms with E-state index in [0.717, 1.165) is 33.1 Å². The molecular weight excluding hydrogens is 520 g/mol. The number of benzene rings is 8. The van der Waals surface area contributed by atoms with Crippen LogP contribution in [0.15, 0.2) is 162 Å². The van der Waals surface area contributed by atoms with Crippen LogP contribution in [-0.2, 0) is 0 Å². The highest BCUT2D eigenvalue weighted by atomic mass is 16.3. The van der Waals surface area contributed by atoms with Gasteiger partial charge in [0.15, 0.2) is 0 Å². The summed E-state index contributed by atoms with van der Waals surface area (Å²) in [5.74, 6) is 0. The third-order valence-electron chi connectivity index (χ3n) is 8.84. The van der Waals surface area contributed by atoms with Gasteiger partial charge < -0.3 is 4.42 Å². The Morgan fingerprint density at radius 1 is 0.326 bits per heavy atom. The van der Waals surface area contributed by atoms with Gasteiger partial charge in [0, 0.05) is 16.3 Å². The first kappa shape index (κ1) is 24.0. The van der Waals surface area contributed by atoms with Crippen LogP contribution >= 0.6 is 0 Å². The molecule has 200 valence electrons. The number of fused-ring (bicyclic) bond motifs is 6. The van der Waals surface area contributed by atoms with Gasteiger partial charge in [-0.15, -0.1) is 0 Å². The molecule has 1 aromatic heterocycles. The molecule has 0 amide bonds. The fourth-order valence-electron chi connectivity index (χ4n) is 6.98. The standard InChI is InChI=1S/C42H26O/c1-2-13-28(14-3-1)37-25-29(26-38-31-18-10-11-24-39(31)43-42(37)38)40-33-19-6-8-21-35(33)41(36-22-9-7-20-34(36)40)32-23-12-16-27-15-4-5-17-30(27)32/h1-26H. The summed E-state index contributed by atoms with van der Waals surface area (Å²) in [5, 5.41) is 9.80. The van der Waals surface area contributed by atoms with Crippen LogP contribution in [0.3, 0.4) is 0 Å². The lowest BCUT2D eigenvalue weighted by Gasteiger charge is -2.19. The Hall–Kier alpha value is -5.66. The highest BCUT2D eigenvalue weighted by Gasteiger charge is 2.20. The van der Waals surface area contributed by atoms with Crippen LogP contribution in [0.4, 0.5) is 0 Å². The van der Waals surface area contributed by atoms with Crippen LogP contribution in [0.5, 0.6) is 0 Å². The lowest BCUT2D eigenvalue weighted by atomic mass is 9.84. The van der Waals surface area contributed by atoms with Crippen molar-refractivity contribution in [3.05, 3.63) is 158 Å². The minimum Gasteiger partial charge on any atom is -0.455 e. The molecule has 0 spiro atoms. The Balaban J connectivity index is 1.45. The number of rotatable bonds is 3. The topological polar surface area (TPSA) is 13.1 Å². The van der Waals surface area contributed by atoms with E-state index in [9.17, 15) is 0 Å².